The molecule has 18 heavy (non-hydrogen) atoms. The standard InChI is InChI=1S/C14H18N2O2/c1-18-13(17)14-7-4-5-11(14)9-16(10-14)12-6-2-3-8-15-12/h2-3,6,8,11H,4-5,7,9-10H2,1H3. The van der Waals surface area contributed by atoms with Gasteiger partial charge in [0.1, 0.15) is 5.82 Å². The lowest BCUT2D eigenvalue weighted by Gasteiger charge is -2.25. The van der Waals surface area contributed by atoms with Crippen molar-refractivity contribution in [2.75, 3.05) is 25.1 Å². The molecule has 1 aliphatic heterocycles. The van der Waals surface area contributed by atoms with Gasteiger partial charge in [-0.25, -0.2) is 4.98 Å². The minimum atomic E-state index is -0.285. The number of fused-ring (bicyclic) bond motifs is 1. The zero-order chi connectivity index (χ0) is 12.6. The zero-order valence-corrected chi connectivity index (χ0v) is 10.6. The van der Waals surface area contributed by atoms with Gasteiger partial charge >= 0.3 is 5.97 Å². The van der Waals surface area contributed by atoms with Gasteiger partial charge in [0.15, 0.2) is 0 Å². The Morgan fingerprint density at radius 2 is 2.44 bits per heavy atom. The van der Waals surface area contributed by atoms with Gasteiger partial charge in [-0.05, 0) is 30.9 Å². The van der Waals surface area contributed by atoms with Crippen molar-refractivity contribution in [3.8, 4) is 0 Å². The first-order chi connectivity index (χ1) is 8.76. The van der Waals surface area contributed by atoms with Crippen LogP contribution in [0.1, 0.15) is 19.3 Å². The number of methoxy groups -OCH3 is 1. The van der Waals surface area contributed by atoms with Crippen LogP contribution in [0.15, 0.2) is 24.4 Å². The lowest BCUT2D eigenvalue weighted by atomic mass is 9.81. The lowest BCUT2D eigenvalue weighted by molar-refractivity contribution is -0.152. The van der Waals surface area contributed by atoms with Crippen LogP contribution in [0.2, 0.25) is 0 Å². The molecule has 0 spiro atoms. The highest BCUT2D eigenvalue weighted by atomic mass is 16.5. The summed E-state index contributed by atoms with van der Waals surface area (Å²) in [7, 11) is 1.50. The van der Waals surface area contributed by atoms with E-state index in [1.165, 1.54) is 7.11 Å². The fourth-order valence-corrected chi connectivity index (χ4v) is 3.54. The summed E-state index contributed by atoms with van der Waals surface area (Å²) in [5, 5.41) is 0. The molecule has 1 saturated heterocycles. The molecule has 1 saturated carbocycles. The first kappa shape index (κ1) is 11.5. The van der Waals surface area contributed by atoms with E-state index in [2.05, 4.69) is 9.88 Å². The van der Waals surface area contributed by atoms with Crippen molar-refractivity contribution in [1.82, 2.24) is 4.98 Å². The maximum Gasteiger partial charge on any atom is 0.313 e. The van der Waals surface area contributed by atoms with Gasteiger partial charge < -0.3 is 9.64 Å². The molecule has 4 nitrogen and oxygen atoms in total. The molecule has 2 fully saturated rings. The van der Waals surface area contributed by atoms with Gasteiger partial charge in [-0.1, -0.05) is 12.5 Å². The number of pyridine rings is 1. The third-order valence-electron chi connectivity index (χ3n) is 4.44. The Balaban J connectivity index is 1.87. The second kappa shape index (κ2) is 4.26. The molecule has 4 heteroatoms. The van der Waals surface area contributed by atoms with Gasteiger partial charge in [-0.2, -0.15) is 0 Å². The van der Waals surface area contributed by atoms with E-state index >= 15 is 0 Å². The second-order valence-electron chi connectivity index (χ2n) is 5.31. The number of carbonyl (C=O) groups excluding carboxylic acids is 1. The smallest absolute Gasteiger partial charge is 0.313 e. The van der Waals surface area contributed by atoms with Gasteiger partial charge in [0.05, 0.1) is 12.5 Å². The molecule has 3 rings (SSSR count). The van der Waals surface area contributed by atoms with E-state index < -0.39 is 0 Å². The van der Waals surface area contributed by atoms with Crippen LogP contribution in [0.3, 0.4) is 0 Å². The van der Waals surface area contributed by atoms with Gasteiger partial charge in [-0.15, -0.1) is 0 Å². The topological polar surface area (TPSA) is 42.4 Å². The molecule has 0 aromatic carbocycles. The number of ether oxygens (including phenoxy) is 1. The number of anilines is 1. The molecular formula is C14H18N2O2. The molecule has 96 valence electrons. The number of carbonyl (C=O) groups is 1. The number of aromatic nitrogens is 1. The molecule has 2 heterocycles. The summed E-state index contributed by atoms with van der Waals surface area (Å²) in [5.41, 5.74) is -0.285. The van der Waals surface area contributed by atoms with Crippen LogP contribution in [-0.2, 0) is 9.53 Å². The minimum absolute atomic E-state index is 0.0385. The third kappa shape index (κ3) is 1.59. The van der Waals surface area contributed by atoms with Crippen molar-refractivity contribution >= 4 is 11.8 Å². The largest absolute Gasteiger partial charge is 0.469 e. The van der Waals surface area contributed by atoms with Crippen LogP contribution >= 0.6 is 0 Å². The Hall–Kier alpha value is -1.58. The predicted molar refractivity (Wildman–Crippen MR) is 68.2 cm³/mol. The first-order valence-corrected chi connectivity index (χ1v) is 6.51. The van der Waals surface area contributed by atoms with Gasteiger partial charge in [0, 0.05) is 19.3 Å². The minimum Gasteiger partial charge on any atom is -0.469 e. The zero-order valence-electron chi connectivity index (χ0n) is 10.6. The van der Waals surface area contributed by atoms with Crippen LogP contribution < -0.4 is 4.90 Å². The summed E-state index contributed by atoms with van der Waals surface area (Å²) >= 11 is 0. The summed E-state index contributed by atoms with van der Waals surface area (Å²) < 4.78 is 5.04. The molecule has 1 aliphatic carbocycles. The summed E-state index contributed by atoms with van der Waals surface area (Å²) in [6.07, 6.45) is 5.01. The Bertz CT molecular complexity index is 448. The normalized spacial score (nSPS) is 30.3. The average Bonchev–Trinajstić information content (AvgIpc) is 2.96. The maximum atomic E-state index is 12.1. The number of rotatable bonds is 2. The second-order valence-corrected chi connectivity index (χ2v) is 5.31. The highest BCUT2D eigenvalue weighted by molar-refractivity contribution is 5.79. The third-order valence-corrected chi connectivity index (χ3v) is 4.44. The van der Waals surface area contributed by atoms with Crippen molar-refractivity contribution in [3.05, 3.63) is 24.4 Å². The summed E-state index contributed by atoms with van der Waals surface area (Å²) in [6.45, 7) is 1.67. The molecule has 2 atom stereocenters. The lowest BCUT2D eigenvalue weighted by Crippen LogP contribution is -2.37. The average molecular weight is 246 g/mol. The summed E-state index contributed by atoms with van der Waals surface area (Å²) in [4.78, 5) is 18.7. The van der Waals surface area contributed by atoms with E-state index in [1.54, 1.807) is 6.20 Å². The van der Waals surface area contributed by atoms with E-state index in [1.807, 2.05) is 18.2 Å². The van der Waals surface area contributed by atoms with E-state index in [0.717, 1.165) is 38.2 Å². The number of esters is 1. The monoisotopic (exact) mass is 246 g/mol. The van der Waals surface area contributed by atoms with Crippen LogP contribution in [0.4, 0.5) is 5.82 Å². The van der Waals surface area contributed by atoms with Crippen LogP contribution in [-0.4, -0.2) is 31.2 Å². The number of nitrogens with zero attached hydrogens (tertiary/aromatic N) is 2. The Labute approximate surface area is 107 Å². The summed E-state index contributed by atoms with van der Waals surface area (Å²) in [6, 6.07) is 5.91. The van der Waals surface area contributed by atoms with Gasteiger partial charge in [-0.3, -0.25) is 4.79 Å². The van der Waals surface area contributed by atoms with Crippen molar-refractivity contribution < 1.29 is 9.53 Å². The van der Waals surface area contributed by atoms with Crippen LogP contribution in [0.25, 0.3) is 0 Å². The fourth-order valence-electron chi connectivity index (χ4n) is 3.54. The first-order valence-electron chi connectivity index (χ1n) is 6.51. The van der Waals surface area contributed by atoms with E-state index in [0.29, 0.717) is 5.92 Å². The number of hydrogen-bond donors (Lipinski definition) is 0. The molecule has 2 unspecified atom stereocenters. The highest BCUT2D eigenvalue weighted by Crippen LogP contribution is 2.50. The highest BCUT2D eigenvalue weighted by Gasteiger charge is 2.55. The molecular weight excluding hydrogens is 228 g/mol. The van der Waals surface area contributed by atoms with Crippen molar-refractivity contribution in [1.29, 1.82) is 0 Å². The van der Waals surface area contributed by atoms with Gasteiger partial charge in [0.25, 0.3) is 0 Å². The summed E-state index contributed by atoms with van der Waals surface area (Å²) in [5.74, 6) is 1.35. The van der Waals surface area contributed by atoms with Crippen LogP contribution in [0.5, 0.6) is 0 Å². The quantitative estimate of drug-likeness (QED) is 0.747. The van der Waals surface area contributed by atoms with Crippen molar-refractivity contribution in [2.24, 2.45) is 11.3 Å². The SMILES string of the molecule is COC(=O)C12CCCC1CN(c1ccccn1)C2. The van der Waals surface area contributed by atoms with E-state index in [4.69, 9.17) is 4.74 Å². The van der Waals surface area contributed by atoms with Crippen molar-refractivity contribution in [2.45, 2.75) is 19.3 Å². The van der Waals surface area contributed by atoms with E-state index in [9.17, 15) is 4.79 Å². The molecule has 0 N–H and O–H groups in total. The van der Waals surface area contributed by atoms with Crippen molar-refractivity contribution in [3.63, 3.8) is 0 Å². The van der Waals surface area contributed by atoms with E-state index in [-0.39, 0.29) is 11.4 Å². The molecule has 0 bridgehead atoms. The van der Waals surface area contributed by atoms with Crippen LogP contribution in [0, 0.1) is 11.3 Å². The Morgan fingerprint density at radius 3 is 3.17 bits per heavy atom. The Morgan fingerprint density at radius 1 is 1.56 bits per heavy atom. The maximum absolute atomic E-state index is 12.1. The predicted octanol–water partition coefficient (Wildman–Crippen LogP) is 1.86. The van der Waals surface area contributed by atoms with Gasteiger partial charge in [0.2, 0.25) is 0 Å². The number of hydrogen-bond acceptors (Lipinski definition) is 4. The Kier molecular flexibility index (Phi) is 2.73. The molecule has 2 aliphatic rings. The molecule has 0 amide bonds. The fraction of sp³-hybridized carbons (Fsp3) is 0.571. The molecule has 1 aromatic heterocycles. The molecule has 1 aromatic rings. The molecule has 0 radical (unpaired) electrons.